The Hall–Kier alpha value is -2.34. The van der Waals surface area contributed by atoms with Gasteiger partial charge in [0.1, 0.15) is 0 Å². The van der Waals surface area contributed by atoms with Gasteiger partial charge in [0.25, 0.3) is 5.91 Å². The monoisotopic (exact) mass is 411 g/mol. The van der Waals surface area contributed by atoms with Crippen LogP contribution in [0.15, 0.2) is 29.5 Å². The molecule has 6 nitrogen and oxygen atoms in total. The zero-order chi connectivity index (χ0) is 21.6. The Morgan fingerprint density at radius 3 is 2.57 bits per heavy atom. The van der Waals surface area contributed by atoms with Gasteiger partial charge in [-0.3, -0.25) is 9.59 Å². The fourth-order valence-corrected chi connectivity index (χ4v) is 5.31. The van der Waals surface area contributed by atoms with Crippen LogP contribution in [0.3, 0.4) is 0 Å². The highest BCUT2D eigenvalue weighted by atomic mass is 16.3. The molecule has 4 rings (SSSR count). The number of aliphatic hydroxyl groups is 1. The third kappa shape index (κ3) is 3.97. The van der Waals surface area contributed by atoms with Gasteiger partial charge in [0.05, 0.1) is 11.7 Å². The van der Waals surface area contributed by atoms with Gasteiger partial charge in [-0.25, -0.2) is 0 Å². The molecule has 1 saturated carbocycles. The van der Waals surface area contributed by atoms with Crippen molar-refractivity contribution >= 4 is 23.1 Å². The maximum absolute atomic E-state index is 12.8. The Kier molecular flexibility index (Phi) is 5.39. The highest BCUT2D eigenvalue weighted by molar-refractivity contribution is 6.01. The molecule has 4 N–H and O–H groups in total. The van der Waals surface area contributed by atoms with Crippen LogP contribution in [0, 0.1) is 11.3 Å². The van der Waals surface area contributed by atoms with Crippen molar-refractivity contribution in [3.63, 3.8) is 0 Å². The van der Waals surface area contributed by atoms with Crippen LogP contribution >= 0.6 is 0 Å². The molecule has 30 heavy (non-hydrogen) atoms. The molecule has 6 heteroatoms. The number of benzene rings is 1. The van der Waals surface area contributed by atoms with E-state index < -0.39 is 5.91 Å². The van der Waals surface area contributed by atoms with Gasteiger partial charge in [0, 0.05) is 47.6 Å². The molecule has 0 bridgehead atoms. The lowest BCUT2D eigenvalue weighted by Crippen LogP contribution is -2.30. The van der Waals surface area contributed by atoms with Gasteiger partial charge in [0.2, 0.25) is 0 Å². The number of carbonyl (C=O) groups is 2. The Balaban J connectivity index is 1.66. The largest absolute Gasteiger partial charge is 0.393 e. The third-order valence-electron chi connectivity index (χ3n) is 6.81. The van der Waals surface area contributed by atoms with Gasteiger partial charge in [-0.15, -0.1) is 0 Å². The number of ketones is 1. The van der Waals surface area contributed by atoms with E-state index >= 15 is 0 Å². The fraction of sp³-hybridized carbons (Fsp3) is 0.583. The Morgan fingerprint density at radius 1 is 1.20 bits per heavy atom. The van der Waals surface area contributed by atoms with Crippen LogP contribution in [-0.4, -0.2) is 35.5 Å². The molecule has 0 saturated heterocycles. The van der Waals surface area contributed by atoms with Crippen molar-refractivity contribution < 1.29 is 14.7 Å². The highest BCUT2D eigenvalue weighted by Crippen LogP contribution is 2.46. The van der Waals surface area contributed by atoms with E-state index in [0.29, 0.717) is 12.0 Å². The molecule has 0 aromatic heterocycles. The zero-order valence-corrected chi connectivity index (χ0v) is 18.2. The van der Waals surface area contributed by atoms with E-state index in [4.69, 9.17) is 5.73 Å². The fourth-order valence-electron chi connectivity index (χ4n) is 5.31. The minimum Gasteiger partial charge on any atom is -0.393 e. The van der Waals surface area contributed by atoms with Gasteiger partial charge in [0.15, 0.2) is 5.78 Å². The Bertz CT molecular complexity index is 897. The van der Waals surface area contributed by atoms with E-state index in [1.54, 1.807) is 6.07 Å². The first-order valence-corrected chi connectivity index (χ1v) is 11.1. The third-order valence-corrected chi connectivity index (χ3v) is 6.81. The SMILES string of the molecule is CC1CN(c2ccc(C(N)=O)c(NC3CCC(O)CC3)c2)C2=C1C(=O)CC(C)(C)C2. The van der Waals surface area contributed by atoms with Gasteiger partial charge in [-0.2, -0.15) is 0 Å². The number of primary amides is 1. The molecule has 2 aliphatic carbocycles. The van der Waals surface area contributed by atoms with E-state index in [2.05, 4.69) is 31.0 Å². The van der Waals surface area contributed by atoms with Crippen LogP contribution in [-0.2, 0) is 4.79 Å². The first-order chi connectivity index (χ1) is 14.1. The lowest BCUT2D eigenvalue weighted by atomic mass is 9.74. The predicted octanol–water partition coefficient (Wildman–Crippen LogP) is 3.60. The highest BCUT2D eigenvalue weighted by Gasteiger charge is 2.41. The molecule has 0 spiro atoms. The molecule has 3 aliphatic rings. The number of hydrogen-bond donors (Lipinski definition) is 3. The number of nitrogens with zero attached hydrogens (tertiary/aromatic N) is 1. The minimum absolute atomic E-state index is 0.0462. The number of rotatable bonds is 4. The molecular weight excluding hydrogens is 378 g/mol. The van der Waals surface area contributed by atoms with E-state index in [1.807, 2.05) is 12.1 Å². The lowest BCUT2D eigenvalue weighted by Gasteiger charge is -2.34. The van der Waals surface area contributed by atoms with Crippen molar-refractivity contribution in [1.82, 2.24) is 0 Å². The molecule has 1 heterocycles. The lowest BCUT2D eigenvalue weighted by molar-refractivity contribution is -0.118. The summed E-state index contributed by atoms with van der Waals surface area (Å²) in [6.07, 6.45) is 4.50. The maximum Gasteiger partial charge on any atom is 0.250 e. The molecule has 1 aromatic carbocycles. The summed E-state index contributed by atoms with van der Waals surface area (Å²) in [6.45, 7) is 7.19. The average Bonchev–Trinajstić information content (AvgIpc) is 2.98. The number of anilines is 2. The molecule has 1 fully saturated rings. The number of allylic oxidation sites excluding steroid dienone is 1. The van der Waals surface area contributed by atoms with Crippen LogP contribution in [0.1, 0.15) is 69.7 Å². The van der Waals surface area contributed by atoms with Crippen LogP contribution in [0.2, 0.25) is 0 Å². The molecule has 1 unspecified atom stereocenters. The summed E-state index contributed by atoms with van der Waals surface area (Å²) in [6, 6.07) is 5.94. The van der Waals surface area contributed by atoms with E-state index in [9.17, 15) is 14.7 Å². The molecule has 1 aromatic rings. The number of amides is 1. The van der Waals surface area contributed by atoms with Gasteiger partial charge in [-0.1, -0.05) is 20.8 Å². The summed E-state index contributed by atoms with van der Waals surface area (Å²) in [5.74, 6) is 0.0170. The molecule has 162 valence electrons. The van der Waals surface area contributed by atoms with Gasteiger partial charge in [-0.05, 0) is 55.7 Å². The van der Waals surface area contributed by atoms with Crippen molar-refractivity contribution in [3.05, 3.63) is 35.0 Å². The Labute approximate surface area is 178 Å². The number of nitrogens with two attached hydrogens (primary N) is 1. The number of nitrogens with one attached hydrogen (secondary N) is 1. The smallest absolute Gasteiger partial charge is 0.250 e. The molecule has 0 radical (unpaired) electrons. The normalized spacial score (nSPS) is 28.5. The number of Topliss-reactive ketones (excluding diaryl/α,β-unsaturated/α-hetero) is 1. The zero-order valence-electron chi connectivity index (χ0n) is 18.2. The van der Waals surface area contributed by atoms with Crippen molar-refractivity contribution in [2.75, 3.05) is 16.8 Å². The Morgan fingerprint density at radius 2 is 1.90 bits per heavy atom. The summed E-state index contributed by atoms with van der Waals surface area (Å²) in [5, 5.41) is 13.3. The standard InChI is InChI=1S/C24H33N3O3/c1-14-13-27(20-11-24(2,3)12-21(29)22(14)20)16-6-9-18(23(25)30)19(10-16)26-15-4-7-17(28)8-5-15/h6,9-10,14-15,17,26,28H,4-5,7-8,11-13H2,1-3H3,(H2,25,30). The van der Waals surface area contributed by atoms with E-state index in [-0.39, 0.29) is 29.3 Å². The van der Waals surface area contributed by atoms with Crippen molar-refractivity contribution in [1.29, 1.82) is 0 Å². The maximum atomic E-state index is 12.8. The molecule has 1 amide bonds. The second kappa shape index (κ2) is 7.73. The summed E-state index contributed by atoms with van der Waals surface area (Å²) >= 11 is 0. The van der Waals surface area contributed by atoms with Crippen molar-refractivity contribution in [2.45, 2.75) is 71.4 Å². The number of aliphatic hydroxyl groups excluding tert-OH is 1. The minimum atomic E-state index is -0.455. The van der Waals surface area contributed by atoms with Crippen molar-refractivity contribution in [2.24, 2.45) is 17.1 Å². The van der Waals surface area contributed by atoms with Crippen LogP contribution in [0.25, 0.3) is 0 Å². The van der Waals surface area contributed by atoms with E-state index in [1.165, 1.54) is 0 Å². The van der Waals surface area contributed by atoms with Crippen molar-refractivity contribution in [3.8, 4) is 0 Å². The van der Waals surface area contributed by atoms with Crippen LogP contribution in [0.4, 0.5) is 11.4 Å². The summed E-state index contributed by atoms with van der Waals surface area (Å²) in [5.41, 5.74) is 9.90. The molecular formula is C24H33N3O3. The number of carbonyl (C=O) groups excluding carboxylic acids is 2. The second-order valence-corrected chi connectivity index (χ2v) is 10.1. The molecule has 1 atom stereocenters. The van der Waals surface area contributed by atoms with Gasteiger partial charge < -0.3 is 21.1 Å². The average molecular weight is 412 g/mol. The van der Waals surface area contributed by atoms with E-state index in [0.717, 1.165) is 61.3 Å². The summed E-state index contributed by atoms with van der Waals surface area (Å²) in [7, 11) is 0. The second-order valence-electron chi connectivity index (χ2n) is 10.1. The summed E-state index contributed by atoms with van der Waals surface area (Å²) in [4.78, 5) is 27.1. The predicted molar refractivity (Wildman–Crippen MR) is 118 cm³/mol. The topological polar surface area (TPSA) is 95.7 Å². The van der Waals surface area contributed by atoms with Crippen LogP contribution < -0.4 is 16.0 Å². The first kappa shape index (κ1) is 20.9. The van der Waals surface area contributed by atoms with Gasteiger partial charge >= 0.3 is 0 Å². The quantitative estimate of drug-likeness (QED) is 0.704. The summed E-state index contributed by atoms with van der Waals surface area (Å²) < 4.78 is 0. The number of hydrogen-bond acceptors (Lipinski definition) is 5. The molecule has 1 aliphatic heterocycles. The van der Waals surface area contributed by atoms with Crippen LogP contribution in [0.5, 0.6) is 0 Å². The first-order valence-electron chi connectivity index (χ1n) is 11.1.